The van der Waals surface area contributed by atoms with Crippen LogP contribution < -0.4 is 4.73 Å². The minimum atomic E-state index is -0.225. The summed E-state index contributed by atoms with van der Waals surface area (Å²) in [6, 6.07) is 3.33. The minimum absolute atomic E-state index is 0.225. The van der Waals surface area contributed by atoms with Crippen LogP contribution >= 0.6 is 15.9 Å². The van der Waals surface area contributed by atoms with Gasteiger partial charge in [-0.1, -0.05) is 0 Å². The highest BCUT2D eigenvalue weighted by molar-refractivity contribution is 9.10. The molecule has 3 nitrogen and oxygen atoms in total. The molecule has 1 aromatic heterocycles. The molecule has 0 atom stereocenters. The lowest BCUT2D eigenvalue weighted by molar-refractivity contribution is -0.623. The van der Waals surface area contributed by atoms with Gasteiger partial charge in [-0.25, -0.2) is 0 Å². The van der Waals surface area contributed by atoms with E-state index in [0.717, 1.165) is 4.47 Å². The average molecular weight is 218 g/mol. The number of pyridine rings is 1. The fraction of sp³-hybridized carbons (Fsp3) is 0.286. The third kappa shape index (κ3) is 1.52. The van der Waals surface area contributed by atoms with Crippen LogP contribution in [0.15, 0.2) is 16.6 Å². The maximum atomic E-state index is 11.1. The van der Waals surface area contributed by atoms with Crippen LogP contribution in [0.5, 0.6) is 0 Å². The topological polar surface area (TPSA) is 47.2 Å². The van der Waals surface area contributed by atoms with Gasteiger partial charge in [0.25, 0.3) is 0 Å². The third-order valence-electron chi connectivity index (χ3n) is 1.50. The summed E-state index contributed by atoms with van der Waals surface area (Å²) < 4.78 is 1.47. The van der Waals surface area contributed by atoms with E-state index in [9.17, 15) is 5.21 Å². The molecule has 1 aromatic rings. The summed E-state index contributed by atoms with van der Waals surface area (Å²) in [5, 5.41) is 19.8. The van der Waals surface area contributed by atoms with Gasteiger partial charge in [-0.2, -0.15) is 4.73 Å². The first-order valence-corrected chi connectivity index (χ1v) is 3.94. The molecule has 0 aromatic carbocycles. The molecule has 4 heteroatoms. The van der Waals surface area contributed by atoms with Crippen LogP contribution in [0.2, 0.25) is 0 Å². The van der Waals surface area contributed by atoms with Gasteiger partial charge >= 0.3 is 0 Å². The fourth-order valence-electron chi connectivity index (χ4n) is 0.787. The van der Waals surface area contributed by atoms with Crippen LogP contribution in [0.3, 0.4) is 0 Å². The van der Waals surface area contributed by atoms with E-state index in [1.54, 1.807) is 19.1 Å². The van der Waals surface area contributed by atoms with E-state index in [0.29, 0.717) is 16.1 Å². The Morgan fingerprint density at radius 2 is 2.27 bits per heavy atom. The summed E-state index contributed by atoms with van der Waals surface area (Å²) in [6.07, 6.45) is 0. The van der Waals surface area contributed by atoms with E-state index in [2.05, 4.69) is 15.9 Å². The Hall–Kier alpha value is -0.610. The highest BCUT2D eigenvalue weighted by Crippen LogP contribution is 2.11. The van der Waals surface area contributed by atoms with E-state index >= 15 is 0 Å². The van der Waals surface area contributed by atoms with Gasteiger partial charge in [0, 0.05) is 13.0 Å². The Labute approximate surface area is 73.0 Å². The fourth-order valence-corrected chi connectivity index (χ4v) is 1.08. The molecule has 1 heterocycles. The number of nitrogens with zero attached hydrogens (tertiary/aromatic N) is 1. The van der Waals surface area contributed by atoms with Crippen LogP contribution in [0.1, 0.15) is 11.4 Å². The maximum absolute atomic E-state index is 11.1. The molecule has 0 unspecified atom stereocenters. The van der Waals surface area contributed by atoms with E-state index in [1.165, 1.54) is 0 Å². The van der Waals surface area contributed by atoms with Crippen LogP contribution in [0.25, 0.3) is 0 Å². The highest BCUT2D eigenvalue weighted by atomic mass is 79.9. The van der Waals surface area contributed by atoms with E-state index < -0.39 is 0 Å². The number of aliphatic hydroxyl groups is 1. The molecule has 0 aliphatic heterocycles. The quantitative estimate of drug-likeness (QED) is 0.561. The van der Waals surface area contributed by atoms with E-state index in [-0.39, 0.29) is 6.61 Å². The van der Waals surface area contributed by atoms with Crippen molar-refractivity contribution in [2.24, 2.45) is 0 Å². The Bertz CT molecular complexity index is 275. The normalized spacial score (nSPS) is 10.1. The maximum Gasteiger partial charge on any atom is 0.218 e. The first-order valence-electron chi connectivity index (χ1n) is 3.15. The second-order valence-corrected chi connectivity index (χ2v) is 3.06. The van der Waals surface area contributed by atoms with Gasteiger partial charge in [0.05, 0.1) is 4.47 Å². The zero-order valence-corrected chi connectivity index (χ0v) is 7.63. The van der Waals surface area contributed by atoms with Crippen molar-refractivity contribution in [2.75, 3.05) is 0 Å². The molecule has 1 N–H and O–H groups in total. The number of halogens is 1. The number of aromatic nitrogens is 1. The lowest BCUT2D eigenvalue weighted by Crippen LogP contribution is -2.35. The van der Waals surface area contributed by atoms with Crippen molar-refractivity contribution in [1.29, 1.82) is 0 Å². The molecular formula is C7H8BrNO2. The smallest absolute Gasteiger partial charge is 0.218 e. The molecule has 0 radical (unpaired) electrons. The monoisotopic (exact) mass is 217 g/mol. The van der Waals surface area contributed by atoms with Gasteiger partial charge in [-0.15, -0.1) is 0 Å². The number of aliphatic hydroxyl groups excluding tert-OH is 1. The largest absolute Gasteiger partial charge is 0.618 e. The molecular weight excluding hydrogens is 210 g/mol. The van der Waals surface area contributed by atoms with Gasteiger partial charge in [0.2, 0.25) is 11.4 Å². The summed E-state index contributed by atoms with van der Waals surface area (Å²) in [4.78, 5) is 0. The first-order chi connectivity index (χ1) is 5.16. The molecule has 11 heavy (non-hydrogen) atoms. The molecule has 0 bridgehead atoms. The van der Waals surface area contributed by atoms with Crippen LogP contribution in [0.4, 0.5) is 0 Å². The summed E-state index contributed by atoms with van der Waals surface area (Å²) in [5.41, 5.74) is 0.933. The van der Waals surface area contributed by atoms with Crippen LogP contribution in [-0.2, 0) is 6.61 Å². The van der Waals surface area contributed by atoms with Crippen LogP contribution in [-0.4, -0.2) is 5.11 Å². The van der Waals surface area contributed by atoms with Gasteiger partial charge in [0.1, 0.15) is 6.61 Å². The van der Waals surface area contributed by atoms with Gasteiger partial charge in [-0.05, 0) is 22.0 Å². The summed E-state index contributed by atoms with van der Waals surface area (Å²) in [6.45, 7) is 1.47. The van der Waals surface area contributed by atoms with E-state index in [4.69, 9.17) is 5.11 Å². The Morgan fingerprint density at radius 1 is 1.64 bits per heavy atom. The number of hydrogen-bond acceptors (Lipinski definition) is 2. The predicted molar refractivity (Wildman–Crippen MR) is 43.8 cm³/mol. The Morgan fingerprint density at radius 3 is 2.82 bits per heavy atom. The summed E-state index contributed by atoms with van der Waals surface area (Å²) in [5.74, 6) is 0. The summed E-state index contributed by atoms with van der Waals surface area (Å²) in [7, 11) is 0. The van der Waals surface area contributed by atoms with Gasteiger partial charge in [-0.3, -0.25) is 0 Å². The standard InChI is InChI=1S/C7H8BrNO2/c1-5-7(8)3-2-6(4-10)9(5)11/h2-3,10H,4H2,1H3. The molecule has 0 saturated heterocycles. The first kappa shape index (κ1) is 8.49. The Balaban J connectivity index is 3.25. The second kappa shape index (κ2) is 3.19. The van der Waals surface area contributed by atoms with Crippen molar-refractivity contribution in [2.45, 2.75) is 13.5 Å². The van der Waals surface area contributed by atoms with Gasteiger partial charge < -0.3 is 10.3 Å². The minimum Gasteiger partial charge on any atom is -0.618 e. The van der Waals surface area contributed by atoms with Crippen molar-refractivity contribution in [3.8, 4) is 0 Å². The lowest BCUT2D eigenvalue weighted by atomic mass is 10.3. The Kier molecular flexibility index (Phi) is 2.46. The van der Waals surface area contributed by atoms with Crippen LogP contribution in [0, 0.1) is 12.1 Å². The molecule has 0 spiro atoms. The number of hydrogen-bond donors (Lipinski definition) is 1. The SMILES string of the molecule is Cc1c(Br)ccc(CO)[n+]1[O-]. The third-order valence-corrected chi connectivity index (χ3v) is 2.33. The number of rotatable bonds is 1. The molecule has 0 fully saturated rings. The van der Waals surface area contributed by atoms with Crippen molar-refractivity contribution in [1.82, 2.24) is 0 Å². The molecule has 60 valence electrons. The van der Waals surface area contributed by atoms with Crippen molar-refractivity contribution in [3.05, 3.63) is 33.2 Å². The molecule has 0 amide bonds. The van der Waals surface area contributed by atoms with Crippen molar-refractivity contribution in [3.63, 3.8) is 0 Å². The lowest BCUT2D eigenvalue weighted by Gasteiger charge is -2.05. The van der Waals surface area contributed by atoms with Gasteiger partial charge in [0.15, 0.2) is 0 Å². The predicted octanol–water partition coefficient (Wildman–Crippen LogP) is 0.883. The molecule has 0 aliphatic carbocycles. The molecule has 0 aliphatic rings. The average Bonchev–Trinajstić information content (AvgIpc) is 2.01. The second-order valence-electron chi connectivity index (χ2n) is 2.21. The van der Waals surface area contributed by atoms with Crippen molar-refractivity contribution < 1.29 is 9.84 Å². The van der Waals surface area contributed by atoms with E-state index in [1.807, 2.05) is 0 Å². The summed E-state index contributed by atoms with van der Waals surface area (Å²) >= 11 is 3.21. The zero-order chi connectivity index (χ0) is 8.43. The molecule has 0 saturated carbocycles. The molecule has 1 rings (SSSR count). The van der Waals surface area contributed by atoms with Crippen molar-refractivity contribution >= 4 is 15.9 Å². The zero-order valence-electron chi connectivity index (χ0n) is 6.04. The highest BCUT2D eigenvalue weighted by Gasteiger charge is 2.09.